The third-order valence-electron chi connectivity index (χ3n) is 5.70. The van der Waals surface area contributed by atoms with Gasteiger partial charge in [0.05, 0.1) is 0 Å². The monoisotopic (exact) mass is 472 g/mol. The molecule has 0 saturated carbocycles. The van der Waals surface area contributed by atoms with Gasteiger partial charge in [0.25, 0.3) is 0 Å². The summed E-state index contributed by atoms with van der Waals surface area (Å²) >= 11 is 6.13. The maximum atomic E-state index is 12.7. The number of halogens is 1. The minimum Gasteiger partial charge on any atom is -0.338 e. The van der Waals surface area contributed by atoms with Crippen LogP contribution in [0.2, 0.25) is 5.02 Å². The fourth-order valence-corrected chi connectivity index (χ4v) is 5.37. The first-order valence-electron chi connectivity index (χ1n) is 10.9. The largest absolute Gasteiger partial charge is 0.338 e. The lowest BCUT2D eigenvalue weighted by Crippen LogP contribution is -2.55. The van der Waals surface area contributed by atoms with Gasteiger partial charge in [-0.1, -0.05) is 37.6 Å². The predicted octanol–water partition coefficient (Wildman–Crippen LogP) is 1.57. The molecule has 0 unspecified atom stereocenters. The summed E-state index contributed by atoms with van der Waals surface area (Å²) in [6.45, 7) is 8.37. The zero-order valence-electron chi connectivity index (χ0n) is 18.3. The lowest BCUT2D eigenvalue weighted by Gasteiger charge is -2.42. The fourth-order valence-electron chi connectivity index (χ4n) is 4.12. The van der Waals surface area contributed by atoms with Crippen molar-refractivity contribution in [2.45, 2.75) is 32.9 Å². The van der Waals surface area contributed by atoms with Gasteiger partial charge in [0, 0.05) is 63.4 Å². The first kappa shape index (κ1) is 24.4. The van der Waals surface area contributed by atoms with Crippen molar-refractivity contribution in [2.75, 3.05) is 52.4 Å². The van der Waals surface area contributed by atoms with Crippen LogP contribution in [0.15, 0.2) is 24.3 Å². The van der Waals surface area contributed by atoms with Gasteiger partial charge in [-0.25, -0.2) is 4.18 Å². The molecule has 31 heavy (non-hydrogen) atoms. The number of hydrogen-bond acceptors (Lipinski definition) is 6. The highest BCUT2D eigenvalue weighted by Gasteiger charge is 2.32. The molecule has 2 aliphatic rings. The highest BCUT2D eigenvalue weighted by Crippen LogP contribution is 2.21. The van der Waals surface area contributed by atoms with E-state index in [0.29, 0.717) is 45.2 Å². The topological polar surface area (TPSA) is 82.2 Å². The molecule has 0 aromatic heterocycles. The van der Waals surface area contributed by atoms with Crippen molar-refractivity contribution in [3.8, 4) is 0 Å². The Bertz CT molecular complexity index is 846. The third kappa shape index (κ3) is 7.13. The molecule has 1 N–H and O–H groups in total. The van der Waals surface area contributed by atoms with Gasteiger partial charge in [-0.15, -0.1) is 0 Å². The molecule has 1 aromatic carbocycles. The van der Waals surface area contributed by atoms with E-state index in [1.807, 2.05) is 18.2 Å². The van der Waals surface area contributed by atoms with Crippen molar-refractivity contribution in [1.29, 1.82) is 0 Å². The minimum atomic E-state index is -3.88. The number of hydrogen-bond donors (Lipinski definition) is 1. The molecule has 0 aliphatic carbocycles. The van der Waals surface area contributed by atoms with Crippen molar-refractivity contribution in [3.05, 3.63) is 34.9 Å². The Labute approximate surface area is 190 Å². The summed E-state index contributed by atoms with van der Waals surface area (Å²) in [4.78, 5) is 16.9. The molecular weight excluding hydrogens is 440 g/mol. The lowest BCUT2D eigenvalue weighted by molar-refractivity contribution is -0.136. The Morgan fingerprint density at radius 3 is 2.65 bits per heavy atom. The second-order valence-corrected chi connectivity index (χ2v) is 10.6. The van der Waals surface area contributed by atoms with E-state index >= 15 is 0 Å². The maximum absolute atomic E-state index is 12.7. The molecule has 8 nitrogen and oxygen atoms in total. The number of nitrogens with one attached hydrogen (secondary N) is 1. The van der Waals surface area contributed by atoms with Crippen LogP contribution >= 0.6 is 11.6 Å². The second kappa shape index (κ2) is 11.1. The van der Waals surface area contributed by atoms with Gasteiger partial charge < -0.3 is 10.2 Å². The summed E-state index contributed by atoms with van der Waals surface area (Å²) in [7, 11) is -3.88. The molecule has 0 spiro atoms. The quantitative estimate of drug-likeness (QED) is 0.618. The summed E-state index contributed by atoms with van der Waals surface area (Å²) < 4.78 is 31.1. The summed E-state index contributed by atoms with van der Waals surface area (Å²) in [6, 6.07) is 8.04. The van der Waals surface area contributed by atoms with Crippen LogP contribution in [0, 0.1) is 5.92 Å². The van der Waals surface area contributed by atoms with Crippen LogP contribution in [-0.4, -0.2) is 86.9 Å². The van der Waals surface area contributed by atoms with Crippen LogP contribution in [0.5, 0.6) is 0 Å². The highest BCUT2D eigenvalue weighted by molar-refractivity contribution is 7.84. The van der Waals surface area contributed by atoms with Gasteiger partial charge in [-0.3, -0.25) is 9.69 Å². The van der Waals surface area contributed by atoms with Crippen molar-refractivity contribution in [2.24, 2.45) is 5.92 Å². The molecule has 1 atom stereocenters. The van der Waals surface area contributed by atoms with Gasteiger partial charge in [-0.2, -0.15) is 12.7 Å². The summed E-state index contributed by atoms with van der Waals surface area (Å²) in [5.41, 5.74) is 1.14. The zero-order valence-corrected chi connectivity index (χ0v) is 19.9. The number of amides is 1. The lowest BCUT2D eigenvalue weighted by atomic mass is 9.99. The fraction of sp³-hybridized carbons (Fsp3) is 0.667. The summed E-state index contributed by atoms with van der Waals surface area (Å²) in [5.74, 6) is 0.195. The van der Waals surface area contributed by atoms with Crippen molar-refractivity contribution in [1.82, 2.24) is 19.4 Å². The Balaban J connectivity index is 1.58. The van der Waals surface area contributed by atoms with Crippen LogP contribution in [0.1, 0.15) is 25.8 Å². The van der Waals surface area contributed by atoms with Gasteiger partial charge >= 0.3 is 10.3 Å². The molecule has 2 aliphatic heterocycles. The molecule has 10 heteroatoms. The maximum Gasteiger partial charge on any atom is 0.338 e. The van der Waals surface area contributed by atoms with E-state index in [-0.39, 0.29) is 11.9 Å². The molecule has 2 heterocycles. The SMILES string of the molecule is CC(C)C[C@@H]1CN(C(=O)COS(=O)(=O)N2CCNCC2)CCN1Cc1cccc(Cl)c1. The number of rotatable bonds is 8. The van der Waals surface area contributed by atoms with Gasteiger partial charge in [-0.05, 0) is 30.0 Å². The normalized spacial score (nSPS) is 21.5. The van der Waals surface area contributed by atoms with Crippen LogP contribution in [-0.2, 0) is 25.8 Å². The van der Waals surface area contributed by atoms with E-state index in [4.69, 9.17) is 15.8 Å². The van der Waals surface area contributed by atoms with Crippen molar-refractivity contribution >= 4 is 27.8 Å². The first-order chi connectivity index (χ1) is 14.7. The summed E-state index contributed by atoms with van der Waals surface area (Å²) in [5, 5.41) is 3.82. The van der Waals surface area contributed by atoms with Crippen LogP contribution in [0.4, 0.5) is 0 Å². The number of carbonyl (C=O) groups excluding carboxylic acids is 1. The Kier molecular flexibility index (Phi) is 8.72. The predicted molar refractivity (Wildman–Crippen MR) is 121 cm³/mol. The highest BCUT2D eigenvalue weighted by atomic mass is 35.5. The van der Waals surface area contributed by atoms with E-state index in [1.54, 1.807) is 4.90 Å². The standard InChI is InChI=1S/C21H33ClN4O4S/c1-17(2)12-20-15-25(11-10-24(20)14-18-4-3-5-19(22)13-18)21(27)16-30-31(28,29)26-8-6-23-7-9-26/h3-5,13,17,20,23H,6-12,14-16H2,1-2H3/t20-/m1/s1. The van der Waals surface area contributed by atoms with E-state index in [0.717, 1.165) is 30.1 Å². The first-order valence-corrected chi connectivity index (χ1v) is 12.6. The Morgan fingerprint density at radius 1 is 1.23 bits per heavy atom. The number of piperazine rings is 2. The molecule has 2 fully saturated rings. The molecule has 0 bridgehead atoms. The molecule has 3 rings (SSSR count). The molecule has 0 radical (unpaired) electrons. The molecule has 174 valence electrons. The van der Waals surface area contributed by atoms with E-state index < -0.39 is 16.9 Å². The average Bonchev–Trinajstić information content (AvgIpc) is 2.73. The molecule has 2 saturated heterocycles. The molecule has 1 aromatic rings. The number of nitrogens with zero attached hydrogens (tertiary/aromatic N) is 3. The zero-order chi connectivity index (χ0) is 22.4. The van der Waals surface area contributed by atoms with E-state index in [2.05, 4.69) is 30.1 Å². The van der Waals surface area contributed by atoms with E-state index in [9.17, 15) is 13.2 Å². The van der Waals surface area contributed by atoms with Gasteiger partial charge in [0.2, 0.25) is 5.91 Å². The Morgan fingerprint density at radius 2 is 1.97 bits per heavy atom. The van der Waals surface area contributed by atoms with Crippen LogP contribution in [0.3, 0.4) is 0 Å². The average molecular weight is 473 g/mol. The number of carbonyl (C=O) groups is 1. The van der Waals surface area contributed by atoms with E-state index in [1.165, 1.54) is 4.31 Å². The summed E-state index contributed by atoms with van der Waals surface area (Å²) in [6.07, 6.45) is 0.949. The molecular formula is C21H33ClN4O4S. The number of benzene rings is 1. The van der Waals surface area contributed by atoms with Crippen LogP contribution < -0.4 is 5.32 Å². The second-order valence-electron chi connectivity index (χ2n) is 8.59. The van der Waals surface area contributed by atoms with Gasteiger partial charge in [0.15, 0.2) is 0 Å². The smallest absolute Gasteiger partial charge is 0.338 e. The van der Waals surface area contributed by atoms with Gasteiger partial charge in [0.1, 0.15) is 6.61 Å². The third-order valence-corrected chi connectivity index (χ3v) is 7.35. The van der Waals surface area contributed by atoms with Crippen LogP contribution in [0.25, 0.3) is 0 Å². The Hall–Kier alpha value is -1.23. The van der Waals surface area contributed by atoms with Crippen molar-refractivity contribution < 1.29 is 17.4 Å². The minimum absolute atomic E-state index is 0.196. The molecule has 1 amide bonds. The van der Waals surface area contributed by atoms with Crippen molar-refractivity contribution in [3.63, 3.8) is 0 Å².